The number of amidine groups is 1. The predicted molar refractivity (Wildman–Crippen MR) is 137 cm³/mol. The lowest BCUT2D eigenvalue weighted by molar-refractivity contribution is -0.119. The monoisotopic (exact) mass is 442 g/mol. The Morgan fingerprint density at radius 2 is 1.97 bits per heavy atom. The molecule has 4 rings (SSSR count). The van der Waals surface area contributed by atoms with Gasteiger partial charge < -0.3 is 9.80 Å². The maximum Gasteiger partial charge on any atom is 0.241 e. The van der Waals surface area contributed by atoms with Crippen LogP contribution in [0.15, 0.2) is 77.3 Å². The van der Waals surface area contributed by atoms with E-state index in [1.807, 2.05) is 17.9 Å². The number of nitrogens with zero attached hydrogens (tertiary/aromatic N) is 4. The number of amides is 1. The van der Waals surface area contributed by atoms with Gasteiger partial charge in [-0.25, -0.2) is 0 Å². The Bertz CT molecular complexity index is 1080. The average Bonchev–Trinajstić information content (AvgIpc) is 3.21. The zero-order valence-corrected chi connectivity index (χ0v) is 20.0. The molecule has 0 aliphatic carbocycles. The predicted octanol–water partition coefficient (Wildman–Crippen LogP) is 4.64. The fourth-order valence-corrected chi connectivity index (χ4v) is 4.41. The Hall–Kier alpha value is -3.18. The molecule has 5 nitrogen and oxygen atoms in total. The van der Waals surface area contributed by atoms with E-state index in [4.69, 9.17) is 0 Å². The maximum absolute atomic E-state index is 13.4. The molecule has 0 bridgehead atoms. The standard InChI is InChI=1S/C28H34N4O/c1-4-22(2)10-7-8-16-31-20-25-12-5-6-14-26(25)32(27(33)21-31)19-23-11-9-13-24(18-23)28-29-15-17-30(28)3/h4-7,9-14,18H,8,15-17,19-21H2,1-3H3/b10-7-,22-4-. The molecule has 1 amide bonds. The first-order chi connectivity index (χ1) is 16.0. The van der Waals surface area contributed by atoms with Gasteiger partial charge in [0.15, 0.2) is 0 Å². The number of fused-ring (bicyclic) bond motifs is 1. The summed E-state index contributed by atoms with van der Waals surface area (Å²) in [6.45, 7) is 8.60. The van der Waals surface area contributed by atoms with Crippen LogP contribution in [-0.4, -0.2) is 54.8 Å². The van der Waals surface area contributed by atoms with Crippen LogP contribution in [0.2, 0.25) is 0 Å². The lowest BCUT2D eigenvalue weighted by atomic mass is 10.1. The van der Waals surface area contributed by atoms with Gasteiger partial charge in [-0.1, -0.05) is 60.2 Å². The van der Waals surface area contributed by atoms with Gasteiger partial charge >= 0.3 is 0 Å². The summed E-state index contributed by atoms with van der Waals surface area (Å²) in [6.07, 6.45) is 7.38. The first-order valence-corrected chi connectivity index (χ1v) is 11.8. The number of allylic oxidation sites excluding steroid dienone is 3. The summed E-state index contributed by atoms with van der Waals surface area (Å²) in [5, 5.41) is 0. The van der Waals surface area contributed by atoms with E-state index in [0.717, 1.165) is 55.2 Å². The molecule has 2 aliphatic heterocycles. The Kier molecular flexibility index (Phi) is 7.40. The summed E-state index contributed by atoms with van der Waals surface area (Å²) < 4.78 is 0. The first kappa shape index (κ1) is 23.0. The van der Waals surface area contributed by atoms with Gasteiger partial charge in [-0.2, -0.15) is 0 Å². The highest BCUT2D eigenvalue weighted by Gasteiger charge is 2.26. The van der Waals surface area contributed by atoms with Crippen molar-refractivity contribution in [3.8, 4) is 0 Å². The van der Waals surface area contributed by atoms with Gasteiger partial charge in [0, 0.05) is 37.9 Å². The van der Waals surface area contributed by atoms with E-state index in [-0.39, 0.29) is 5.91 Å². The number of benzene rings is 2. The molecular weight excluding hydrogens is 408 g/mol. The first-order valence-electron chi connectivity index (χ1n) is 11.8. The SMILES string of the molecule is C/C=C(C)\C=C/CCN1CC(=O)N(Cc2cccc(C3=NCCN3C)c2)c2ccccc2C1. The van der Waals surface area contributed by atoms with E-state index < -0.39 is 0 Å². The van der Waals surface area contributed by atoms with Gasteiger partial charge in [-0.05, 0) is 43.5 Å². The fourth-order valence-electron chi connectivity index (χ4n) is 4.41. The molecule has 2 aromatic rings. The summed E-state index contributed by atoms with van der Waals surface area (Å²) in [4.78, 5) is 24.4. The van der Waals surface area contributed by atoms with Crippen molar-refractivity contribution in [3.05, 3.63) is 89.0 Å². The second kappa shape index (κ2) is 10.6. The van der Waals surface area contributed by atoms with E-state index in [1.54, 1.807) is 0 Å². The topological polar surface area (TPSA) is 39.2 Å². The summed E-state index contributed by atoms with van der Waals surface area (Å²) >= 11 is 0. The van der Waals surface area contributed by atoms with Gasteiger partial charge in [0.2, 0.25) is 5.91 Å². The normalized spacial score (nSPS) is 17.5. The number of hydrogen-bond acceptors (Lipinski definition) is 4. The van der Waals surface area contributed by atoms with Crippen LogP contribution in [-0.2, 0) is 17.9 Å². The zero-order valence-electron chi connectivity index (χ0n) is 20.0. The minimum absolute atomic E-state index is 0.147. The number of para-hydroxylation sites is 1. The number of carbonyl (C=O) groups excluding carboxylic acids is 1. The van der Waals surface area contributed by atoms with Gasteiger partial charge in [0.1, 0.15) is 5.84 Å². The molecule has 5 heteroatoms. The van der Waals surface area contributed by atoms with Crippen molar-refractivity contribution in [2.24, 2.45) is 4.99 Å². The van der Waals surface area contributed by atoms with Crippen LogP contribution in [0.3, 0.4) is 0 Å². The smallest absolute Gasteiger partial charge is 0.241 e. The number of anilines is 1. The number of aliphatic imine (C=N–C) groups is 1. The van der Waals surface area contributed by atoms with Crippen LogP contribution in [0, 0.1) is 0 Å². The minimum atomic E-state index is 0.147. The summed E-state index contributed by atoms with van der Waals surface area (Å²) in [5.74, 6) is 1.18. The van der Waals surface area contributed by atoms with Gasteiger partial charge in [-0.3, -0.25) is 14.7 Å². The molecule has 33 heavy (non-hydrogen) atoms. The largest absolute Gasteiger partial charge is 0.358 e. The van der Waals surface area contributed by atoms with E-state index in [0.29, 0.717) is 13.1 Å². The molecule has 0 atom stereocenters. The second-order valence-corrected chi connectivity index (χ2v) is 8.87. The molecule has 0 spiro atoms. The summed E-state index contributed by atoms with van der Waals surface area (Å²) in [5.41, 5.74) is 5.72. The Morgan fingerprint density at radius 1 is 1.12 bits per heavy atom. The number of likely N-dealkylation sites (N-methyl/N-ethyl adjacent to an activating group) is 1. The molecule has 2 aromatic carbocycles. The highest BCUT2D eigenvalue weighted by Crippen LogP contribution is 2.27. The number of rotatable bonds is 7. The third kappa shape index (κ3) is 5.60. The van der Waals surface area contributed by atoms with Gasteiger partial charge in [0.25, 0.3) is 0 Å². The Morgan fingerprint density at radius 3 is 2.76 bits per heavy atom. The minimum Gasteiger partial charge on any atom is -0.358 e. The second-order valence-electron chi connectivity index (χ2n) is 8.87. The summed E-state index contributed by atoms with van der Waals surface area (Å²) in [7, 11) is 2.08. The summed E-state index contributed by atoms with van der Waals surface area (Å²) in [6, 6.07) is 16.8. The lowest BCUT2D eigenvalue weighted by Crippen LogP contribution is -2.37. The molecule has 0 aromatic heterocycles. The van der Waals surface area contributed by atoms with Crippen LogP contribution >= 0.6 is 0 Å². The molecule has 0 saturated heterocycles. The highest BCUT2D eigenvalue weighted by atomic mass is 16.2. The third-order valence-corrected chi connectivity index (χ3v) is 6.37. The maximum atomic E-state index is 13.4. The van der Waals surface area contributed by atoms with Crippen molar-refractivity contribution in [3.63, 3.8) is 0 Å². The Labute approximate surface area is 197 Å². The van der Waals surface area contributed by atoms with Crippen LogP contribution in [0.4, 0.5) is 5.69 Å². The molecule has 2 aliphatic rings. The number of hydrogen-bond donors (Lipinski definition) is 0. The molecular formula is C28H34N4O. The van der Waals surface area contributed by atoms with Crippen LogP contribution < -0.4 is 4.90 Å². The molecule has 172 valence electrons. The molecule has 2 heterocycles. The molecule has 0 unspecified atom stereocenters. The highest BCUT2D eigenvalue weighted by molar-refractivity contribution is 6.00. The van der Waals surface area contributed by atoms with Crippen molar-refractivity contribution < 1.29 is 4.79 Å². The third-order valence-electron chi connectivity index (χ3n) is 6.37. The van der Waals surface area contributed by atoms with Crippen molar-refractivity contribution >= 4 is 17.4 Å². The van der Waals surface area contributed by atoms with Gasteiger partial charge in [-0.15, -0.1) is 0 Å². The van der Waals surface area contributed by atoms with E-state index in [9.17, 15) is 4.79 Å². The number of carbonyl (C=O) groups is 1. The Balaban J connectivity index is 1.52. The van der Waals surface area contributed by atoms with Crippen molar-refractivity contribution in [1.82, 2.24) is 9.80 Å². The zero-order chi connectivity index (χ0) is 23.2. The molecule has 0 fully saturated rings. The lowest BCUT2D eigenvalue weighted by Gasteiger charge is -2.24. The van der Waals surface area contributed by atoms with Crippen LogP contribution in [0.1, 0.15) is 37.0 Å². The molecule has 0 saturated carbocycles. The van der Waals surface area contributed by atoms with E-state index >= 15 is 0 Å². The van der Waals surface area contributed by atoms with Crippen LogP contribution in [0.25, 0.3) is 0 Å². The molecule has 0 radical (unpaired) electrons. The van der Waals surface area contributed by atoms with E-state index in [1.165, 1.54) is 11.1 Å². The fraction of sp³-hybridized carbons (Fsp3) is 0.357. The molecule has 0 N–H and O–H groups in total. The quantitative estimate of drug-likeness (QED) is 0.587. The van der Waals surface area contributed by atoms with Crippen molar-refractivity contribution in [2.45, 2.75) is 33.4 Å². The average molecular weight is 443 g/mol. The van der Waals surface area contributed by atoms with E-state index in [2.05, 4.69) is 89.5 Å². The van der Waals surface area contributed by atoms with Crippen molar-refractivity contribution in [2.75, 3.05) is 38.1 Å². The van der Waals surface area contributed by atoms with Crippen LogP contribution in [0.5, 0.6) is 0 Å². The van der Waals surface area contributed by atoms with Gasteiger partial charge in [0.05, 0.1) is 19.6 Å². The van der Waals surface area contributed by atoms with Crippen molar-refractivity contribution in [1.29, 1.82) is 0 Å².